The van der Waals surface area contributed by atoms with Crippen LogP contribution in [0.3, 0.4) is 0 Å². The third-order valence-corrected chi connectivity index (χ3v) is 3.72. The van der Waals surface area contributed by atoms with E-state index in [2.05, 4.69) is 10.3 Å². The van der Waals surface area contributed by atoms with Gasteiger partial charge in [0.2, 0.25) is 0 Å². The number of carboxylic acids is 1. The summed E-state index contributed by atoms with van der Waals surface area (Å²) in [7, 11) is 0. The smallest absolute Gasteiger partial charge is 0.307 e. The Bertz CT molecular complexity index is 858. The van der Waals surface area contributed by atoms with Gasteiger partial charge in [0.15, 0.2) is 5.58 Å². The minimum Gasteiger partial charge on any atom is -0.481 e. The first kappa shape index (κ1) is 14.4. The lowest BCUT2D eigenvalue weighted by Gasteiger charge is -2.04. The van der Waals surface area contributed by atoms with Crippen molar-refractivity contribution in [3.05, 3.63) is 52.5 Å². The highest BCUT2D eigenvalue weighted by Gasteiger charge is 2.15. The minimum absolute atomic E-state index is 0.157. The molecule has 0 radical (unpaired) electrons. The molecule has 22 heavy (non-hydrogen) atoms. The van der Waals surface area contributed by atoms with Crippen molar-refractivity contribution in [1.29, 1.82) is 0 Å². The number of para-hydroxylation sites is 1. The molecule has 0 aliphatic heterocycles. The maximum absolute atomic E-state index is 10.8. The summed E-state index contributed by atoms with van der Waals surface area (Å²) in [5.41, 5.74) is 3.41. The van der Waals surface area contributed by atoms with Crippen LogP contribution >= 0.6 is 11.6 Å². The predicted molar refractivity (Wildman–Crippen MR) is 84.8 cm³/mol. The molecule has 0 saturated carbocycles. The quantitative estimate of drug-likeness (QED) is 0.756. The van der Waals surface area contributed by atoms with Crippen molar-refractivity contribution in [2.75, 3.05) is 5.32 Å². The second-order valence-electron chi connectivity index (χ2n) is 4.92. The van der Waals surface area contributed by atoms with Crippen LogP contribution in [0.2, 0.25) is 5.02 Å². The van der Waals surface area contributed by atoms with Crippen LogP contribution in [-0.2, 0) is 11.2 Å². The van der Waals surface area contributed by atoms with E-state index in [9.17, 15) is 4.79 Å². The Morgan fingerprint density at radius 1 is 1.32 bits per heavy atom. The molecule has 0 fully saturated rings. The van der Waals surface area contributed by atoms with Crippen LogP contribution in [0.1, 0.15) is 11.1 Å². The van der Waals surface area contributed by atoms with Crippen molar-refractivity contribution in [1.82, 2.24) is 4.98 Å². The molecule has 0 aliphatic carbocycles. The normalized spacial score (nSPS) is 10.8. The minimum atomic E-state index is -0.945. The number of benzene rings is 2. The molecule has 5 nitrogen and oxygen atoms in total. The summed E-state index contributed by atoms with van der Waals surface area (Å²) in [6.07, 6.45) is -0.157. The van der Waals surface area contributed by atoms with Gasteiger partial charge in [-0.15, -0.1) is 0 Å². The topological polar surface area (TPSA) is 75.4 Å². The summed E-state index contributed by atoms with van der Waals surface area (Å²) in [5.74, 6) is -0.945. The van der Waals surface area contributed by atoms with Crippen LogP contribution in [-0.4, -0.2) is 16.1 Å². The van der Waals surface area contributed by atoms with Crippen molar-refractivity contribution in [2.24, 2.45) is 0 Å². The zero-order valence-electron chi connectivity index (χ0n) is 11.8. The first-order valence-corrected chi connectivity index (χ1v) is 7.05. The number of aromatic nitrogens is 1. The van der Waals surface area contributed by atoms with Gasteiger partial charge in [-0.25, -0.2) is 0 Å². The van der Waals surface area contributed by atoms with Crippen LogP contribution < -0.4 is 5.32 Å². The average Bonchev–Trinajstić information content (AvgIpc) is 2.88. The Balaban J connectivity index is 1.98. The van der Waals surface area contributed by atoms with Gasteiger partial charge in [-0.05, 0) is 30.2 Å². The van der Waals surface area contributed by atoms with Crippen molar-refractivity contribution in [3.8, 4) is 0 Å². The monoisotopic (exact) mass is 316 g/mol. The second-order valence-corrected chi connectivity index (χ2v) is 5.29. The third kappa shape index (κ3) is 2.76. The highest BCUT2D eigenvalue weighted by Crippen LogP contribution is 2.31. The molecule has 6 heteroatoms. The number of hydrogen-bond donors (Lipinski definition) is 2. The number of carboxylic acid groups (broad SMARTS) is 1. The summed E-state index contributed by atoms with van der Waals surface area (Å²) >= 11 is 6.21. The Labute approximate surface area is 131 Å². The molecular formula is C16H13ClN2O3. The fourth-order valence-corrected chi connectivity index (χ4v) is 2.45. The van der Waals surface area contributed by atoms with Gasteiger partial charge >= 0.3 is 5.97 Å². The zero-order chi connectivity index (χ0) is 15.7. The number of halogens is 1. The second kappa shape index (κ2) is 5.69. The summed E-state index contributed by atoms with van der Waals surface area (Å²) in [5, 5.41) is 12.3. The summed E-state index contributed by atoms with van der Waals surface area (Å²) < 4.78 is 5.63. The van der Waals surface area contributed by atoms with E-state index >= 15 is 0 Å². The number of hydrogen-bond acceptors (Lipinski definition) is 4. The predicted octanol–water partition coefficient (Wildman–Crippen LogP) is 4.16. The van der Waals surface area contributed by atoms with Crippen LogP contribution in [0.25, 0.3) is 11.1 Å². The number of rotatable bonds is 4. The lowest BCUT2D eigenvalue weighted by Crippen LogP contribution is -2.00. The zero-order valence-corrected chi connectivity index (χ0v) is 12.5. The average molecular weight is 317 g/mol. The molecule has 1 aromatic heterocycles. The van der Waals surface area contributed by atoms with Crippen LogP contribution in [0, 0.1) is 6.92 Å². The Morgan fingerprint density at radius 3 is 2.82 bits per heavy atom. The van der Waals surface area contributed by atoms with Crippen molar-refractivity contribution in [3.63, 3.8) is 0 Å². The Kier molecular flexibility index (Phi) is 3.73. The molecule has 2 aromatic carbocycles. The fraction of sp³-hybridized carbons (Fsp3) is 0.125. The van der Waals surface area contributed by atoms with Crippen molar-refractivity contribution >= 4 is 40.4 Å². The molecule has 0 unspecified atom stereocenters. The van der Waals surface area contributed by atoms with E-state index in [0.717, 1.165) is 11.3 Å². The Morgan fingerprint density at radius 2 is 2.09 bits per heavy atom. The number of nitrogens with one attached hydrogen (secondary N) is 1. The van der Waals surface area contributed by atoms with Gasteiger partial charge in [-0.3, -0.25) is 4.79 Å². The van der Waals surface area contributed by atoms with E-state index in [0.29, 0.717) is 22.7 Å². The highest BCUT2D eigenvalue weighted by molar-refractivity contribution is 6.35. The van der Waals surface area contributed by atoms with Crippen molar-refractivity contribution < 1.29 is 14.3 Å². The maximum Gasteiger partial charge on any atom is 0.307 e. The van der Waals surface area contributed by atoms with Crippen molar-refractivity contribution in [2.45, 2.75) is 13.3 Å². The van der Waals surface area contributed by atoms with Gasteiger partial charge in [-0.2, -0.15) is 4.98 Å². The number of oxazole rings is 1. The van der Waals surface area contributed by atoms with Crippen LogP contribution in [0.4, 0.5) is 11.7 Å². The number of aryl methyl sites for hydroxylation is 1. The summed E-state index contributed by atoms with van der Waals surface area (Å²) in [6.45, 7) is 1.98. The number of fused-ring (bicyclic) bond motifs is 1. The molecule has 0 aliphatic rings. The molecule has 0 saturated heterocycles. The Hall–Kier alpha value is -2.53. The van der Waals surface area contributed by atoms with Gasteiger partial charge in [0.05, 0.1) is 11.4 Å². The molecule has 0 amide bonds. The molecule has 0 spiro atoms. The molecular weight excluding hydrogens is 304 g/mol. The number of aliphatic carboxylic acids is 1. The van der Waals surface area contributed by atoms with Gasteiger partial charge in [0.1, 0.15) is 5.52 Å². The molecule has 3 rings (SSSR count). The number of nitrogens with zero attached hydrogens (tertiary/aromatic N) is 1. The third-order valence-electron chi connectivity index (χ3n) is 3.31. The van der Waals surface area contributed by atoms with Gasteiger partial charge in [-0.1, -0.05) is 35.9 Å². The van der Waals surface area contributed by atoms with Crippen LogP contribution in [0.15, 0.2) is 40.8 Å². The summed E-state index contributed by atoms with van der Waals surface area (Å²) in [4.78, 5) is 15.1. The number of anilines is 2. The van der Waals surface area contributed by atoms with E-state index < -0.39 is 5.97 Å². The molecule has 0 bridgehead atoms. The molecule has 3 aromatic rings. The lowest BCUT2D eigenvalue weighted by atomic mass is 10.1. The highest BCUT2D eigenvalue weighted by atomic mass is 35.5. The maximum atomic E-state index is 10.8. The molecule has 1 heterocycles. The first-order chi connectivity index (χ1) is 10.5. The van der Waals surface area contributed by atoms with Crippen LogP contribution in [0.5, 0.6) is 0 Å². The standard InChI is InChI=1S/C16H13ClN2O3/c1-9-4-2-3-5-11(9)18-16-19-12-7-6-10(8-13(20)21)14(17)15(12)22-16/h2-7H,8H2,1H3,(H,18,19)(H,20,21). The fourth-order valence-electron chi connectivity index (χ4n) is 2.18. The van der Waals surface area contributed by atoms with Gasteiger partial charge in [0.25, 0.3) is 6.01 Å². The van der Waals surface area contributed by atoms with Gasteiger partial charge in [0, 0.05) is 5.69 Å². The van der Waals surface area contributed by atoms with E-state index in [1.807, 2.05) is 31.2 Å². The van der Waals surface area contributed by atoms with E-state index in [4.69, 9.17) is 21.1 Å². The van der Waals surface area contributed by atoms with E-state index in [1.165, 1.54) is 0 Å². The van der Waals surface area contributed by atoms with Gasteiger partial charge < -0.3 is 14.8 Å². The largest absolute Gasteiger partial charge is 0.481 e. The SMILES string of the molecule is Cc1ccccc1Nc1nc2ccc(CC(=O)O)c(Cl)c2o1. The molecule has 2 N–H and O–H groups in total. The number of carbonyl (C=O) groups is 1. The lowest BCUT2D eigenvalue weighted by molar-refractivity contribution is -0.136. The molecule has 112 valence electrons. The van der Waals surface area contributed by atoms with E-state index in [1.54, 1.807) is 12.1 Å². The molecule has 0 atom stereocenters. The first-order valence-electron chi connectivity index (χ1n) is 6.67. The van der Waals surface area contributed by atoms with E-state index in [-0.39, 0.29) is 11.4 Å². The summed E-state index contributed by atoms with van der Waals surface area (Å²) in [6, 6.07) is 11.4.